The maximum Gasteiger partial charge on any atom is 0.434 e. The van der Waals surface area contributed by atoms with Crippen molar-refractivity contribution in [3.8, 4) is 5.69 Å². The van der Waals surface area contributed by atoms with Crippen molar-refractivity contribution < 1.29 is 19.2 Å². The Morgan fingerprint density at radius 2 is 1.88 bits per heavy atom. The molecule has 4 rings (SSSR count). The molecule has 1 aromatic heterocycles. The number of hydrogen-bond acceptors (Lipinski definition) is 6. The van der Waals surface area contributed by atoms with Gasteiger partial charge in [-0.15, -0.1) is 0 Å². The van der Waals surface area contributed by atoms with Crippen molar-refractivity contribution in [2.24, 2.45) is 0 Å². The highest BCUT2D eigenvalue weighted by Crippen LogP contribution is 2.22. The minimum Gasteiger partial charge on any atom is -0.443 e. The van der Waals surface area contributed by atoms with Crippen molar-refractivity contribution in [1.29, 1.82) is 0 Å². The number of hydroxylamine groups is 2. The number of carbonyl (C=O) groups is 2. The van der Waals surface area contributed by atoms with Gasteiger partial charge in [0.05, 0.1) is 30.2 Å². The Bertz CT molecular complexity index is 1080. The van der Waals surface area contributed by atoms with E-state index in [4.69, 9.17) is 21.2 Å². The third-order valence-electron chi connectivity index (χ3n) is 4.88. The topological polar surface area (TPSA) is 89.8 Å². The number of aromatic nitrogens is 3. The fraction of sp³-hybridized carbons (Fsp3) is 0.273. The second-order valence-electron chi connectivity index (χ2n) is 7.29. The van der Waals surface area contributed by atoms with Gasteiger partial charge in [-0.1, -0.05) is 41.9 Å². The van der Waals surface area contributed by atoms with Crippen molar-refractivity contribution >= 4 is 23.6 Å². The van der Waals surface area contributed by atoms with Crippen LogP contribution in [-0.2, 0) is 16.2 Å². The van der Waals surface area contributed by atoms with Gasteiger partial charge in [-0.05, 0) is 30.7 Å². The van der Waals surface area contributed by atoms with Crippen LogP contribution in [0.4, 0.5) is 4.79 Å². The fourth-order valence-electron chi connectivity index (χ4n) is 3.39. The summed E-state index contributed by atoms with van der Waals surface area (Å²) in [4.78, 5) is 34.6. The first-order valence-corrected chi connectivity index (χ1v) is 10.5. The molecular weight excluding hydrogens is 434 g/mol. The van der Waals surface area contributed by atoms with E-state index in [2.05, 4.69) is 10.2 Å². The van der Waals surface area contributed by atoms with Gasteiger partial charge in [0.25, 0.3) is 5.91 Å². The maximum atomic E-state index is 13.4. The molecule has 166 valence electrons. The third-order valence-corrected chi connectivity index (χ3v) is 5.11. The predicted molar refractivity (Wildman–Crippen MR) is 116 cm³/mol. The summed E-state index contributed by atoms with van der Waals surface area (Å²) in [7, 11) is 0. The van der Waals surface area contributed by atoms with Crippen molar-refractivity contribution in [1.82, 2.24) is 25.0 Å². The molecule has 0 aliphatic carbocycles. The van der Waals surface area contributed by atoms with Crippen LogP contribution in [0.5, 0.6) is 0 Å². The Balaban J connectivity index is 1.46. The lowest BCUT2D eigenvalue weighted by Crippen LogP contribution is -2.37. The third kappa shape index (κ3) is 5.06. The molecule has 2 heterocycles. The average Bonchev–Trinajstić information content (AvgIpc) is 3.26. The van der Waals surface area contributed by atoms with Gasteiger partial charge in [-0.3, -0.25) is 9.63 Å². The van der Waals surface area contributed by atoms with E-state index < -0.39 is 12.2 Å². The summed E-state index contributed by atoms with van der Waals surface area (Å²) in [6, 6.07) is 14.3. The van der Waals surface area contributed by atoms with Crippen LogP contribution in [0.2, 0.25) is 5.02 Å². The van der Waals surface area contributed by atoms with Crippen LogP contribution >= 0.6 is 11.6 Å². The van der Waals surface area contributed by atoms with E-state index in [1.807, 2.05) is 30.3 Å². The summed E-state index contributed by atoms with van der Waals surface area (Å²) < 4.78 is 5.36. The first-order chi connectivity index (χ1) is 15.5. The zero-order valence-corrected chi connectivity index (χ0v) is 18.2. The molecule has 3 aromatic rings. The smallest absolute Gasteiger partial charge is 0.434 e. The van der Waals surface area contributed by atoms with Crippen LogP contribution in [0.25, 0.3) is 5.69 Å². The molecule has 0 spiro atoms. The normalized spacial score (nSPS) is 16.5. The van der Waals surface area contributed by atoms with Crippen LogP contribution in [0.3, 0.4) is 0 Å². The molecule has 9 nitrogen and oxygen atoms in total. The minimum absolute atomic E-state index is 0.138. The first-order valence-electron chi connectivity index (χ1n) is 10.1. The molecule has 32 heavy (non-hydrogen) atoms. The van der Waals surface area contributed by atoms with Crippen molar-refractivity contribution in [3.05, 3.63) is 77.1 Å². The van der Waals surface area contributed by atoms with E-state index in [1.165, 1.54) is 17.2 Å². The second-order valence-corrected chi connectivity index (χ2v) is 7.73. The molecule has 1 fully saturated rings. The number of benzene rings is 2. The summed E-state index contributed by atoms with van der Waals surface area (Å²) in [5.41, 5.74) is 1.75. The fourth-order valence-corrected chi connectivity index (χ4v) is 3.56. The SMILES string of the molecule is C[C@H]1CN(C(=O)c2cc(Cl)ccc2-n2nccn2)CCN(C(=O)OCc2ccccc2)O1. The standard InChI is InChI=1S/C22H22ClN5O4/c1-16-14-26(11-12-27(32-16)22(30)31-15-17-5-3-2-4-6-17)21(29)19-13-18(23)7-8-20(19)28-24-9-10-25-28/h2-10,13,16H,11-12,14-15H2,1H3/t16-/m0/s1. The molecule has 1 aliphatic rings. The van der Waals surface area contributed by atoms with Crippen molar-refractivity contribution in [2.45, 2.75) is 19.6 Å². The Morgan fingerprint density at radius 3 is 2.62 bits per heavy atom. The number of ether oxygens (including phenoxy) is 1. The van der Waals surface area contributed by atoms with Crippen LogP contribution in [0.1, 0.15) is 22.8 Å². The van der Waals surface area contributed by atoms with Gasteiger partial charge in [0.15, 0.2) is 0 Å². The van der Waals surface area contributed by atoms with Gasteiger partial charge in [0.2, 0.25) is 0 Å². The lowest BCUT2D eigenvalue weighted by Gasteiger charge is -2.22. The van der Waals surface area contributed by atoms with Crippen LogP contribution in [-0.4, -0.2) is 62.7 Å². The van der Waals surface area contributed by atoms with Crippen LogP contribution in [0, 0.1) is 0 Å². The molecule has 1 aliphatic heterocycles. The number of carbonyl (C=O) groups excluding carboxylic acids is 2. The molecule has 10 heteroatoms. The second kappa shape index (κ2) is 9.80. The molecule has 2 amide bonds. The van der Waals surface area contributed by atoms with E-state index in [9.17, 15) is 9.59 Å². The van der Waals surface area contributed by atoms with Crippen LogP contribution in [0.15, 0.2) is 60.9 Å². The van der Waals surface area contributed by atoms with E-state index >= 15 is 0 Å². The number of amides is 2. The largest absolute Gasteiger partial charge is 0.443 e. The van der Waals surface area contributed by atoms with Crippen molar-refractivity contribution in [2.75, 3.05) is 19.6 Å². The highest BCUT2D eigenvalue weighted by molar-refractivity contribution is 6.31. The Kier molecular flexibility index (Phi) is 6.67. The zero-order chi connectivity index (χ0) is 22.5. The Labute approximate surface area is 190 Å². The Hall–Kier alpha value is -3.43. The van der Waals surface area contributed by atoms with E-state index in [0.717, 1.165) is 10.6 Å². The van der Waals surface area contributed by atoms with Gasteiger partial charge < -0.3 is 9.64 Å². The van der Waals surface area contributed by atoms with Gasteiger partial charge >= 0.3 is 6.09 Å². The highest BCUT2D eigenvalue weighted by atomic mass is 35.5. The molecule has 0 N–H and O–H groups in total. The van der Waals surface area contributed by atoms with Crippen LogP contribution < -0.4 is 0 Å². The molecule has 1 saturated heterocycles. The minimum atomic E-state index is -0.598. The lowest BCUT2D eigenvalue weighted by molar-refractivity contribution is -0.159. The maximum absolute atomic E-state index is 13.4. The van der Waals surface area contributed by atoms with Crippen molar-refractivity contribution in [3.63, 3.8) is 0 Å². The first kappa shape index (κ1) is 21.8. The molecular formula is C22H22ClN5O4. The summed E-state index contributed by atoms with van der Waals surface area (Å²) in [6.45, 7) is 2.65. The zero-order valence-electron chi connectivity index (χ0n) is 17.4. The van der Waals surface area contributed by atoms with E-state index in [1.54, 1.807) is 30.0 Å². The quantitative estimate of drug-likeness (QED) is 0.599. The van der Waals surface area contributed by atoms with Gasteiger partial charge in [-0.2, -0.15) is 20.1 Å². The molecule has 0 saturated carbocycles. The average molecular weight is 456 g/mol. The predicted octanol–water partition coefficient (Wildman–Crippen LogP) is 3.34. The molecule has 0 unspecified atom stereocenters. The molecule has 0 bridgehead atoms. The van der Waals surface area contributed by atoms with E-state index in [-0.39, 0.29) is 25.6 Å². The number of rotatable bonds is 4. The number of halogens is 1. The summed E-state index contributed by atoms with van der Waals surface area (Å²) >= 11 is 6.16. The van der Waals surface area contributed by atoms with Gasteiger partial charge in [0, 0.05) is 18.1 Å². The van der Waals surface area contributed by atoms with Gasteiger partial charge in [-0.25, -0.2) is 4.79 Å². The van der Waals surface area contributed by atoms with E-state index in [0.29, 0.717) is 22.8 Å². The molecule has 1 atom stereocenters. The molecule has 2 aromatic carbocycles. The lowest BCUT2D eigenvalue weighted by atomic mass is 10.1. The Morgan fingerprint density at radius 1 is 1.12 bits per heavy atom. The highest BCUT2D eigenvalue weighted by Gasteiger charge is 2.29. The molecule has 0 radical (unpaired) electrons. The summed E-state index contributed by atoms with van der Waals surface area (Å²) in [6.07, 6.45) is 2.04. The number of hydrogen-bond donors (Lipinski definition) is 0. The monoisotopic (exact) mass is 455 g/mol. The number of nitrogens with zero attached hydrogens (tertiary/aromatic N) is 5. The van der Waals surface area contributed by atoms with Gasteiger partial charge in [0.1, 0.15) is 12.7 Å². The summed E-state index contributed by atoms with van der Waals surface area (Å²) in [5.74, 6) is -0.255. The summed E-state index contributed by atoms with van der Waals surface area (Å²) in [5, 5.41) is 9.82.